The Bertz CT molecular complexity index is 1110. The van der Waals surface area contributed by atoms with Crippen LogP contribution in [0.5, 0.6) is 0 Å². The molecule has 1 fully saturated rings. The zero-order valence-electron chi connectivity index (χ0n) is 17.8. The second-order valence-electron chi connectivity index (χ2n) is 7.34. The van der Waals surface area contributed by atoms with Gasteiger partial charge in [-0.25, -0.2) is 19.5 Å². The van der Waals surface area contributed by atoms with Gasteiger partial charge in [0.05, 0.1) is 16.6 Å². The zero-order valence-corrected chi connectivity index (χ0v) is 18.6. The van der Waals surface area contributed by atoms with Crippen molar-refractivity contribution in [2.75, 3.05) is 52.0 Å². The number of rotatable bonds is 3. The smallest absolute Gasteiger partial charge is 0.412 e. The Morgan fingerprint density at radius 1 is 1.16 bits per heavy atom. The number of hydrogen-bond acceptors (Lipinski definition) is 8. The van der Waals surface area contributed by atoms with Crippen LogP contribution in [0.3, 0.4) is 0 Å². The highest BCUT2D eigenvalue weighted by Gasteiger charge is 2.32. The van der Waals surface area contributed by atoms with E-state index >= 15 is 0 Å². The maximum absolute atomic E-state index is 13.3. The number of nitrogens with one attached hydrogen (secondary N) is 1. The first kappa shape index (κ1) is 21.1. The van der Waals surface area contributed by atoms with Crippen LogP contribution in [0.2, 0.25) is 0 Å². The van der Waals surface area contributed by atoms with Crippen molar-refractivity contribution in [1.29, 1.82) is 0 Å². The van der Waals surface area contributed by atoms with Crippen molar-refractivity contribution in [3.63, 3.8) is 0 Å². The molecular formula is C21H25N5O4S. The van der Waals surface area contributed by atoms with Crippen LogP contribution in [-0.4, -0.2) is 69.1 Å². The van der Waals surface area contributed by atoms with E-state index < -0.39 is 19.0 Å². The molecule has 0 radical (unpaired) electrons. The number of carbonyl (C=O) groups excluding carboxylic acids is 2. The second-order valence-corrected chi connectivity index (χ2v) is 8.57. The predicted octanol–water partition coefficient (Wildman–Crippen LogP) is 1.59. The number of ether oxygens (including phenoxy) is 2. The third-order valence-electron chi connectivity index (χ3n) is 5.19. The molecule has 3 heterocycles. The van der Waals surface area contributed by atoms with E-state index in [1.165, 1.54) is 7.05 Å². The summed E-state index contributed by atoms with van der Waals surface area (Å²) in [5, 5.41) is 3.22. The number of thiophene rings is 1. The van der Waals surface area contributed by atoms with Gasteiger partial charge < -0.3 is 24.6 Å². The molecule has 0 atom stereocenters. The average Bonchev–Trinajstić information content (AvgIpc) is 3.06. The summed E-state index contributed by atoms with van der Waals surface area (Å²) in [6.45, 7) is 4.83. The van der Waals surface area contributed by atoms with E-state index in [0.29, 0.717) is 11.4 Å². The number of para-hydroxylation sites is 2. The van der Waals surface area contributed by atoms with E-state index in [9.17, 15) is 9.59 Å². The third kappa shape index (κ3) is 4.35. The van der Waals surface area contributed by atoms with Crippen molar-refractivity contribution in [2.24, 2.45) is 4.99 Å². The Morgan fingerprint density at radius 2 is 1.90 bits per heavy atom. The monoisotopic (exact) mass is 443 g/mol. The lowest BCUT2D eigenvalue weighted by atomic mass is 10.2. The molecule has 10 heteroatoms. The molecule has 164 valence electrons. The fraction of sp³-hybridized carbons (Fsp3) is 0.381. The number of piperazine rings is 1. The molecule has 1 N–H and O–H groups in total. The number of amides is 2. The van der Waals surface area contributed by atoms with Crippen LogP contribution in [-0.2, 0) is 9.47 Å². The minimum atomic E-state index is -0.668. The first-order valence-electron chi connectivity index (χ1n) is 10.0. The van der Waals surface area contributed by atoms with Crippen molar-refractivity contribution in [2.45, 2.75) is 6.92 Å². The first-order valence-corrected chi connectivity index (χ1v) is 10.8. The molecule has 4 rings (SSSR count). The SMILES string of the molecule is CNC(=O)OCOC(=O)N1C(N2CCN(C)CC2)=c2cc(C)sc2=Nc2ccccc21. The van der Waals surface area contributed by atoms with Crippen LogP contribution >= 0.6 is 11.3 Å². The van der Waals surface area contributed by atoms with Gasteiger partial charge in [0.2, 0.25) is 6.79 Å². The summed E-state index contributed by atoms with van der Waals surface area (Å²) < 4.78 is 11.1. The lowest BCUT2D eigenvalue weighted by molar-refractivity contribution is 0.0288. The summed E-state index contributed by atoms with van der Waals surface area (Å²) in [6, 6.07) is 9.54. The van der Waals surface area contributed by atoms with Crippen LogP contribution in [0.1, 0.15) is 4.88 Å². The largest absolute Gasteiger partial charge is 0.423 e. The molecule has 31 heavy (non-hydrogen) atoms. The molecule has 0 unspecified atom stereocenters. The van der Waals surface area contributed by atoms with Gasteiger partial charge in [-0.15, -0.1) is 11.3 Å². The Morgan fingerprint density at radius 3 is 2.65 bits per heavy atom. The normalized spacial score (nSPS) is 16.0. The Labute approximate surface area is 184 Å². The molecule has 1 aromatic heterocycles. The lowest BCUT2D eigenvalue weighted by Gasteiger charge is -2.38. The summed E-state index contributed by atoms with van der Waals surface area (Å²) in [5.41, 5.74) is 1.31. The number of carbonyl (C=O) groups is 2. The van der Waals surface area contributed by atoms with E-state index in [1.54, 1.807) is 16.2 Å². The summed E-state index contributed by atoms with van der Waals surface area (Å²) in [7, 11) is 3.53. The van der Waals surface area contributed by atoms with Gasteiger partial charge in [-0.05, 0) is 32.2 Å². The minimum Gasteiger partial charge on any atom is -0.412 e. The maximum atomic E-state index is 13.3. The van der Waals surface area contributed by atoms with Crippen molar-refractivity contribution in [3.05, 3.63) is 45.1 Å². The third-order valence-corrected chi connectivity index (χ3v) is 6.14. The van der Waals surface area contributed by atoms with Gasteiger partial charge in [0, 0.05) is 38.1 Å². The van der Waals surface area contributed by atoms with Crippen LogP contribution in [0.25, 0.3) is 5.82 Å². The molecule has 0 bridgehead atoms. The van der Waals surface area contributed by atoms with Crippen molar-refractivity contribution in [3.8, 4) is 0 Å². The number of fused-ring (bicyclic) bond motifs is 2. The number of anilines is 1. The van der Waals surface area contributed by atoms with Gasteiger partial charge in [-0.2, -0.15) is 0 Å². The molecule has 0 spiro atoms. The van der Waals surface area contributed by atoms with E-state index in [-0.39, 0.29) is 0 Å². The maximum Gasteiger partial charge on any atom is 0.423 e. The van der Waals surface area contributed by atoms with Crippen LogP contribution in [0.15, 0.2) is 35.3 Å². The summed E-state index contributed by atoms with van der Waals surface area (Å²) in [5.74, 6) is 0.742. The molecule has 1 aromatic carbocycles. The van der Waals surface area contributed by atoms with Gasteiger partial charge in [0.15, 0.2) is 0 Å². The molecule has 9 nitrogen and oxygen atoms in total. The van der Waals surface area contributed by atoms with Crippen molar-refractivity contribution in [1.82, 2.24) is 15.1 Å². The molecule has 1 saturated heterocycles. The number of aryl methyl sites for hydroxylation is 1. The number of alkyl carbamates (subject to hydrolysis) is 1. The Kier molecular flexibility index (Phi) is 6.10. The molecule has 2 aliphatic heterocycles. The summed E-state index contributed by atoms with van der Waals surface area (Å²) in [4.78, 5) is 36.6. The highest BCUT2D eigenvalue weighted by atomic mass is 32.1. The number of benzene rings is 1. The Hall–Kier alpha value is -3.11. The molecule has 2 aliphatic rings. The highest BCUT2D eigenvalue weighted by Crippen LogP contribution is 2.34. The van der Waals surface area contributed by atoms with Gasteiger partial charge in [0.1, 0.15) is 10.5 Å². The highest BCUT2D eigenvalue weighted by molar-refractivity contribution is 7.09. The van der Waals surface area contributed by atoms with Gasteiger partial charge >= 0.3 is 12.2 Å². The van der Waals surface area contributed by atoms with E-state index in [1.807, 2.05) is 31.2 Å². The standard InChI is InChI=1S/C21H25N5O4S/c1-14-12-15-18(31-14)23-16-6-4-5-7-17(16)26(21(28)30-13-29-20(27)22-2)19(15)25-10-8-24(3)9-11-25/h4-7,12H,8-11,13H2,1-3H3,(H,22,27). The van der Waals surface area contributed by atoms with Gasteiger partial charge in [0.25, 0.3) is 0 Å². The van der Waals surface area contributed by atoms with Gasteiger partial charge in [-0.3, -0.25) is 0 Å². The van der Waals surface area contributed by atoms with Crippen molar-refractivity contribution >= 4 is 40.7 Å². The van der Waals surface area contributed by atoms with E-state index in [0.717, 1.165) is 46.8 Å². The second kappa shape index (κ2) is 8.94. The number of nitrogens with zero attached hydrogens (tertiary/aromatic N) is 4. The fourth-order valence-electron chi connectivity index (χ4n) is 3.62. The molecule has 0 aliphatic carbocycles. The van der Waals surface area contributed by atoms with Gasteiger partial charge in [-0.1, -0.05) is 12.1 Å². The average molecular weight is 444 g/mol. The first-order chi connectivity index (χ1) is 15.0. The lowest BCUT2D eigenvalue weighted by Crippen LogP contribution is -2.51. The molecule has 2 aromatic rings. The zero-order chi connectivity index (χ0) is 22.0. The van der Waals surface area contributed by atoms with Crippen LogP contribution in [0, 0.1) is 6.92 Å². The summed E-state index contributed by atoms with van der Waals surface area (Å²) >= 11 is 1.59. The van der Waals surface area contributed by atoms with E-state index in [4.69, 9.17) is 14.5 Å². The Balaban J connectivity index is 1.81. The van der Waals surface area contributed by atoms with E-state index in [2.05, 4.69) is 28.2 Å². The van der Waals surface area contributed by atoms with Crippen molar-refractivity contribution < 1.29 is 19.1 Å². The van der Waals surface area contributed by atoms with Crippen LogP contribution in [0.4, 0.5) is 21.0 Å². The number of likely N-dealkylation sites (N-methyl/N-ethyl adjacent to an activating group) is 1. The quantitative estimate of drug-likeness (QED) is 0.725. The predicted molar refractivity (Wildman–Crippen MR) is 118 cm³/mol. The topological polar surface area (TPSA) is 86.7 Å². The molecule has 2 amide bonds. The molecule has 0 saturated carbocycles. The van der Waals surface area contributed by atoms with Crippen LogP contribution < -0.4 is 20.1 Å². The summed E-state index contributed by atoms with van der Waals surface area (Å²) in [6.07, 6.45) is -1.30. The molecular weight excluding hydrogens is 418 g/mol. The fourth-order valence-corrected chi connectivity index (χ4v) is 4.51. The number of hydrogen-bond donors (Lipinski definition) is 1. The minimum absolute atomic E-state index is 0.486.